The number of fused-ring (bicyclic) bond motifs is 5. The van der Waals surface area contributed by atoms with Gasteiger partial charge >= 0.3 is 11.9 Å². The van der Waals surface area contributed by atoms with Crippen molar-refractivity contribution in [3.05, 3.63) is 61.7 Å². The second-order valence-electron chi connectivity index (χ2n) is 15.8. The molecular weight excluding hydrogens is 881 g/mol. The number of hydrogen-bond acceptors (Lipinski definition) is 12. The first kappa shape index (κ1) is 44.3. The van der Waals surface area contributed by atoms with Crippen LogP contribution >= 0.6 is 15.9 Å². The first-order chi connectivity index (χ1) is 29.5. The molecule has 1 fully saturated rings. The normalized spacial score (nSPS) is 21.0. The maximum absolute atomic E-state index is 15.3. The fraction of sp³-hybridized carbons (Fsp3) is 0.488. The third kappa shape index (κ3) is 8.52. The van der Waals surface area contributed by atoms with Crippen molar-refractivity contribution in [2.45, 2.75) is 95.7 Å². The molecule has 21 heteroatoms. The molecule has 2 aliphatic carbocycles. The number of rotatable bonds is 16. The Morgan fingerprint density at radius 1 is 1.05 bits per heavy atom. The molecule has 5 amide bonds. The summed E-state index contributed by atoms with van der Waals surface area (Å²) in [5.74, 6) is -5.76. The van der Waals surface area contributed by atoms with Gasteiger partial charge in [-0.2, -0.15) is 0 Å². The minimum atomic E-state index is -2.02. The summed E-state index contributed by atoms with van der Waals surface area (Å²) in [5, 5.41) is 33.7. The molecule has 4 heterocycles. The van der Waals surface area contributed by atoms with Crippen LogP contribution in [0.3, 0.4) is 0 Å². The van der Waals surface area contributed by atoms with E-state index in [2.05, 4.69) is 42.5 Å². The lowest BCUT2D eigenvalue weighted by atomic mass is 9.79. The molecule has 2 aliphatic heterocycles. The highest BCUT2D eigenvalue weighted by Crippen LogP contribution is 2.46. The van der Waals surface area contributed by atoms with Crippen LogP contribution in [0.2, 0.25) is 0 Å². The number of alkyl halides is 1. The second-order valence-corrected chi connectivity index (χ2v) is 16.4. The van der Waals surface area contributed by atoms with E-state index in [0.717, 1.165) is 11.1 Å². The number of nitrogens with zero attached hydrogens (tertiary/aromatic N) is 2. The van der Waals surface area contributed by atoms with Crippen LogP contribution in [0.5, 0.6) is 0 Å². The highest BCUT2D eigenvalue weighted by atomic mass is 79.9. The molecule has 19 nitrogen and oxygen atoms in total. The predicted octanol–water partition coefficient (Wildman–Crippen LogP) is 0.476. The molecule has 330 valence electrons. The fourth-order valence-electron chi connectivity index (χ4n) is 8.51. The number of nitrogens with one attached hydrogen (secondary N) is 5. The Hall–Kier alpha value is -5.80. The van der Waals surface area contributed by atoms with Crippen molar-refractivity contribution in [1.29, 1.82) is 0 Å². The van der Waals surface area contributed by atoms with E-state index in [-0.39, 0.29) is 61.2 Å². The molecule has 2 aromatic heterocycles. The van der Waals surface area contributed by atoms with Gasteiger partial charge in [-0.1, -0.05) is 22.9 Å². The molecule has 7 rings (SSSR count). The van der Waals surface area contributed by atoms with Crippen molar-refractivity contribution in [3.63, 3.8) is 0 Å². The number of aliphatic carboxylic acids is 1. The first-order valence-corrected chi connectivity index (χ1v) is 21.3. The number of carbonyl (C=O) groups excluding carboxylic acids is 6. The predicted molar refractivity (Wildman–Crippen MR) is 218 cm³/mol. The van der Waals surface area contributed by atoms with Gasteiger partial charge in [0.1, 0.15) is 25.2 Å². The summed E-state index contributed by atoms with van der Waals surface area (Å²) in [5.41, 5.74) is 1.64. The smallest absolute Gasteiger partial charge is 0.343 e. The molecule has 0 unspecified atom stereocenters. The SMILES string of the molecule is CC[C@@]1(O)C(=O)OCc2c1cc1n(c2=O)Cc2c-1nc1cc(F)c(C)c3c1c2[C@@H](NC(=O)C1CC(OCNC(=O)CNC(=O)[C@H](CCC(=O)O)NC(=O)CNC(=O)CBr)C1)CC3. The van der Waals surface area contributed by atoms with E-state index in [0.29, 0.717) is 59.1 Å². The summed E-state index contributed by atoms with van der Waals surface area (Å²) in [6.07, 6.45) is 0.533. The highest BCUT2D eigenvalue weighted by molar-refractivity contribution is 9.09. The number of carboxylic acid groups (broad SMARTS) is 1. The van der Waals surface area contributed by atoms with Gasteiger partial charge in [0.2, 0.25) is 29.5 Å². The number of cyclic esters (lactones) is 1. The van der Waals surface area contributed by atoms with Crippen LogP contribution in [-0.4, -0.2) is 98.5 Å². The van der Waals surface area contributed by atoms with Crippen LogP contribution < -0.4 is 32.1 Å². The van der Waals surface area contributed by atoms with E-state index in [1.807, 2.05) is 0 Å². The number of hydrogen-bond donors (Lipinski definition) is 7. The minimum Gasteiger partial charge on any atom is -0.481 e. The Morgan fingerprint density at radius 3 is 2.50 bits per heavy atom. The van der Waals surface area contributed by atoms with Crippen LogP contribution in [0.4, 0.5) is 4.39 Å². The van der Waals surface area contributed by atoms with Gasteiger partial charge in [-0.25, -0.2) is 14.2 Å². The Bertz CT molecular complexity index is 2470. The topological polar surface area (TPSA) is 273 Å². The summed E-state index contributed by atoms with van der Waals surface area (Å²) >= 11 is 2.94. The van der Waals surface area contributed by atoms with Crippen LogP contribution in [0.25, 0.3) is 22.3 Å². The lowest BCUT2D eigenvalue weighted by Crippen LogP contribution is -2.51. The van der Waals surface area contributed by atoms with Crippen LogP contribution in [-0.2, 0) is 68.2 Å². The zero-order valence-electron chi connectivity index (χ0n) is 33.8. The van der Waals surface area contributed by atoms with Crippen LogP contribution in [0.1, 0.15) is 84.9 Å². The van der Waals surface area contributed by atoms with Crippen molar-refractivity contribution < 1.29 is 57.6 Å². The molecule has 62 heavy (non-hydrogen) atoms. The summed E-state index contributed by atoms with van der Waals surface area (Å²) in [6, 6.07) is 1.15. The maximum atomic E-state index is 15.3. The van der Waals surface area contributed by atoms with Gasteiger partial charge in [0.15, 0.2) is 5.60 Å². The van der Waals surface area contributed by atoms with Gasteiger partial charge in [0.05, 0.1) is 59.6 Å². The van der Waals surface area contributed by atoms with Gasteiger partial charge in [-0.3, -0.25) is 33.6 Å². The highest BCUT2D eigenvalue weighted by Gasteiger charge is 2.46. The van der Waals surface area contributed by atoms with Crippen LogP contribution in [0.15, 0.2) is 16.9 Å². The molecule has 0 spiro atoms. The van der Waals surface area contributed by atoms with E-state index in [4.69, 9.17) is 19.6 Å². The number of pyridine rings is 2. The van der Waals surface area contributed by atoms with Crippen LogP contribution in [0, 0.1) is 18.7 Å². The molecule has 3 atom stereocenters. The Labute approximate surface area is 361 Å². The molecule has 7 N–H and O–H groups in total. The van der Waals surface area contributed by atoms with Crippen molar-refractivity contribution in [2.75, 3.05) is 25.2 Å². The average molecular weight is 927 g/mol. The van der Waals surface area contributed by atoms with E-state index < -0.39 is 90.1 Å². The summed E-state index contributed by atoms with van der Waals surface area (Å²) < 4.78 is 27.8. The number of carbonyl (C=O) groups is 7. The van der Waals surface area contributed by atoms with Gasteiger partial charge in [0.25, 0.3) is 5.56 Å². The molecule has 0 radical (unpaired) electrons. The number of halogens is 2. The summed E-state index contributed by atoms with van der Waals surface area (Å²) in [6.45, 7) is 1.95. The molecule has 0 bridgehead atoms. The first-order valence-electron chi connectivity index (χ1n) is 20.2. The number of aromatic nitrogens is 2. The Balaban J connectivity index is 0.967. The standard InChI is InChI=1S/C41H45BrFN7O12/c1-3-41(60)24-10-29-36-22(15-50(29)39(58)23(24)16-61-40(41)59)35-26(5-4-21-18(2)25(43)11-28(48-36)34(21)35)49-37(56)19-8-20(9-19)62-17-46-31(52)13-45-38(57)27(6-7-33(54)55)47-32(53)14-44-30(51)12-42/h10-11,19-20,26-27,60H,3-9,12-17H2,1-2H3,(H,44,51)(H,45,57)(H,46,52)(H,47,53)(H,49,56)(H,54,55)/t19?,20?,26-,27-,41-/m0/s1. The molecule has 3 aromatic rings. The van der Waals surface area contributed by atoms with Crippen molar-refractivity contribution in [1.82, 2.24) is 36.1 Å². The molecular formula is C41H45BrFN7O12. The zero-order chi connectivity index (χ0) is 44.6. The van der Waals surface area contributed by atoms with Crippen molar-refractivity contribution in [3.8, 4) is 11.4 Å². The monoisotopic (exact) mass is 925 g/mol. The quantitative estimate of drug-likeness (QED) is 0.0458. The second kappa shape index (κ2) is 17.9. The number of amides is 5. The van der Waals surface area contributed by atoms with Gasteiger partial charge in [0, 0.05) is 34.9 Å². The lowest BCUT2D eigenvalue weighted by Gasteiger charge is -2.36. The van der Waals surface area contributed by atoms with Gasteiger partial charge in [-0.15, -0.1) is 0 Å². The number of carboxylic acids is 1. The number of ether oxygens (including phenoxy) is 2. The fourth-order valence-corrected chi connectivity index (χ4v) is 8.70. The zero-order valence-corrected chi connectivity index (χ0v) is 35.4. The molecule has 0 saturated heterocycles. The van der Waals surface area contributed by atoms with E-state index in [1.54, 1.807) is 19.9 Å². The molecule has 4 aliphatic rings. The number of benzene rings is 1. The Kier molecular flexibility index (Phi) is 12.8. The summed E-state index contributed by atoms with van der Waals surface area (Å²) in [4.78, 5) is 105. The van der Waals surface area contributed by atoms with Crippen molar-refractivity contribution >= 4 is 68.3 Å². The minimum absolute atomic E-state index is 0.0277. The summed E-state index contributed by atoms with van der Waals surface area (Å²) in [7, 11) is 0. The third-order valence-corrected chi connectivity index (χ3v) is 12.5. The van der Waals surface area contributed by atoms with E-state index >= 15 is 4.39 Å². The van der Waals surface area contributed by atoms with Gasteiger partial charge in [-0.05, 0) is 68.2 Å². The number of esters is 1. The third-order valence-electron chi connectivity index (χ3n) is 12.0. The van der Waals surface area contributed by atoms with E-state index in [1.165, 1.54) is 10.6 Å². The van der Waals surface area contributed by atoms with Gasteiger partial charge < -0.3 is 50.8 Å². The number of aryl methyl sites for hydroxylation is 1. The van der Waals surface area contributed by atoms with E-state index in [9.17, 15) is 43.5 Å². The van der Waals surface area contributed by atoms with Crippen molar-refractivity contribution in [2.24, 2.45) is 5.92 Å². The Morgan fingerprint density at radius 2 is 1.79 bits per heavy atom. The molecule has 1 aromatic carbocycles. The molecule has 1 saturated carbocycles. The number of aliphatic hydroxyl groups is 1. The average Bonchev–Trinajstić information content (AvgIpc) is 3.60. The largest absolute Gasteiger partial charge is 0.481 e. The lowest BCUT2D eigenvalue weighted by molar-refractivity contribution is -0.172. The maximum Gasteiger partial charge on any atom is 0.343 e.